The van der Waals surface area contributed by atoms with Gasteiger partial charge in [-0.1, -0.05) is 6.92 Å². The Bertz CT molecular complexity index is 134. The fourth-order valence-electron chi connectivity index (χ4n) is 0.778. The molecule has 0 heterocycles. The number of urea groups is 1. The molecule has 3 heteroatoms. The predicted molar refractivity (Wildman–Crippen MR) is 46.6 cm³/mol. The summed E-state index contributed by atoms with van der Waals surface area (Å²) in [5, 5.41) is 0. The van der Waals surface area contributed by atoms with E-state index in [9.17, 15) is 4.79 Å². The van der Waals surface area contributed by atoms with E-state index in [0.29, 0.717) is 6.04 Å². The van der Waals surface area contributed by atoms with Crippen molar-refractivity contribution in [2.24, 2.45) is 0 Å². The molecule has 0 aliphatic carbocycles. The lowest BCUT2D eigenvalue weighted by atomic mass is 10.2. The van der Waals surface area contributed by atoms with Crippen molar-refractivity contribution >= 4 is 6.03 Å². The zero-order valence-corrected chi connectivity index (χ0v) is 8.09. The van der Waals surface area contributed by atoms with Crippen molar-refractivity contribution in [3.8, 4) is 0 Å². The Hall–Kier alpha value is -0.730. The second kappa shape index (κ2) is 4.21. The summed E-state index contributed by atoms with van der Waals surface area (Å²) < 4.78 is 0. The van der Waals surface area contributed by atoms with E-state index in [2.05, 4.69) is 6.92 Å². The SMILES string of the molecule is CCC(C)N(C)C(=O)N(C)C. The number of nitrogens with zero attached hydrogens (tertiary/aromatic N) is 2. The van der Waals surface area contributed by atoms with Crippen molar-refractivity contribution in [1.29, 1.82) is 0 Å². The molecule has 0 aromatic heterocycles. The van der Waals surface area contributed by atoms with E-state index in [0.717, 1.165) is 6.42 Å². The van der Waals surface area contributed by atoms with Crippen molar-refractivity contribution in [1.82, 2.24) is 9.80 Å². The Morgan fingerprint density at radius 3 is 2.09 bits per heavy atom. The van der Waals surface area contributed by atoms with Crippen LogP contribution in [-0.4, -0.2) is 43.0 Å². The highest BCUT2D eigenvalue weighted by molar-refractivity contribution is 5.73. The smallest absolute Gasteiger partial charge is 0.319 e. The molecule has 0 bridgehead atoms. The van der Waals surface area contributed by atoms with Gasteiger partial charge in [0.1, 0.15) is 0 Å². The first-order chi connectivity index (χ1) is 5.00. The molecule has 0 fully saturated rings. The van der Waals surface area contributed by atoms with Crippen LogP contribution in [0.2, 0.25) is 0 Å². The zero-order valence-electron chi connectivity index (χ0n) is 8.09. The van der Waals surface area contributed by atoms with Gasteiger partial charge in [-0.3, -0.25) is 0 Å². The van der Waals surface area contributed by atoms with E-state index in [1.165, 1.54) is 0 Å². The van der Waals surface area contributed by atoms with Gasteiger partial charge < -0.3 is 9.80 Å². The number of rotatable bonds is 2. The summed E-state index contributed by atoms with van der Waals surface area (Å²) in [7, 11) is 5.36. The van der Waals surface area contributed by atoms with Crippen molar-refractivity contribution < 1.29 is 4.79 Å². The summed E-state index contributed by atoms with van der Waals surface area (Å²) in [6.07, 6.45) is 0.996. The average Bonchev–Trinajstić information content (AvgIpc) is 2.00. The number of hydrogen-bond acceptors (Lipinski definition) is 1. The van der Waals surface area contributed by atoms with E-state index in [-0.39, 0.29) is 6.03 Å². The summed E-state index contributed by atoms with van der Waals surface area (Å²) in [6.45, 7) is 4.12. The fraction of sp³-hybridized carbons (Fsp3) is 0.875. The Morgan fingerprint density at radius 1 is 1.36 bits per heavy atom. The van der Waals surface area contributed by atoms with Gasteiger partial charge >= 0.3 is 6.03 Å². The standard InChI is InChI=1S/C8H18N2O/c1-6-7(2)10(5)8(11)9(3)4/h7H,6H2,1-5H3. The highest BCUT2D eigenvalue weighted by Gasteiger charge is 2.14. The van der Waals surface area contributed by atoms with Crippen LogP contribution in [0.1, 0.15) is 20.3 Å². The molecule has 66 valence electrons. The molecule has 0 aromatic carbocycles. The maximum atomic E-state index is 11.3. The van der Waals surface area contributed by atoms with Crippen molar-refractivity contribution in [2.75, 3.05) is 21.1 Å². The molecule has 2 amide bonds. The molecule has 0 aliphatic heterocycles. The minimum absolute atomic E-state index is 0.0688. The molecule has 0 spiro atoms. The van der Waals surface area contributed by atoms with E-state index in [1.54, 1.807) is 23.9 Å². The Morgan fingerprint density at radius 2 is 1.82 bits per heavy atom. The van der Waals surface area contributed by atoms with Gasteiger partial charge in [-0.25, -0.2) is 4.79 Å². The summed E-state index contributed by atoms with van der Waals surface area (Å²) in [4.78, 5) is 14.6. The quantitative estimate of drug-likeness (QED) is 0.596. The maximum Gasteiger partial charge on any atom is 0.319 e. The molecule has 0 rings (SSSR count). The fourth-order valence-corrected chi connectivity index (χ4v) is 0.778. The van der Waals surface area contributed by atoms with Crippen LogP contribution in [0, 0.1) is 0 Å². The predicted octanol–water partition coefficient (Wildman–Crippen LogP) is 1.40. The van der Waals surface area contributed by atoms with Crippen LogP contribution >= 0.6 is 0 Å². The highest BCUT2D eigenvalue weighted by Crippen LogP contribution is 2.02. The molecule has 3 nitrogen and oxygen atoms in total. The molecule has 0 saturated carbocycles. The first-order valence-corrected chi connectivity index (χ1v) is 3.94. The zero-order chi connectivity index (χ0) is 9.02. The molecule has 0 radical (unpaired) electrons. The summed E-state index contributed by atoms with van der Waals surface area (Å²) in [6, 6.07) is 0.393. The molecule has 0 aliphatic rings. The first-order valence-electron chi connectivity index (χ1n) is 3.94. The Balaban J connectivity index is 4.02. The Kier molecular flexibility index (Phi) is 3.93. The third-order valence-electron chi connectivity index (χ3n) is 1.94. The second-order valence-corrected chi connectivity index (χ2v) is 3.05. The van der Waals surface area contributed by atoms with Crippen LogP contribution < -0.4 is 0 Å². The lowest BCUT2D eigenvalue weighted by Crippen LogP contribution is -2.41. The van der Waals surface area contributed by atoms with E-state index in [1.807, 2.05) is 14.0 Å². The second-order valence-electron chi connectivity index (χ2n) is 3.05. The lowest BCUT2D eigenvalue weighted by Gasteiger charge is -2.26. The van der Waals surface area contributed by atoms with E-state index >= 15 is 0 Å². The lowest BCUT2D eigenvalue weighted by molar-refractivity contribution is 0.166. The van der Waals surface area contributed by atoms with Gasteiger partial charge in [0.2, 0.25) is 0 Å². The van der Waals surface area contributed by atoms with Crippen LogP contribution in [0.25, 0.3) is 0 Å². The first kappa shape index (κ1) is 10.3. The van der Waals surface area contributed by atoms with E-state index in [4.69, 9.17) is 0 Å². The van der Waals surface area contributed by atoms with Gasteiger partial charge in [-0.15, -0.1) is 0 Å². The van der Waals surface area contributed by atoms with Crippen LogP contribution in [0.5, 0.6) is 0 Å². The van der Waals surface area contributed by atoms with Gasteiger partial charge in [0.15, 0.2) is 0 Å². The maximum absolute atomic E-state index is 11.3. The molecule has 0 saturated heterocycles. The van der Waals surface area contributed by atoms with Crippen LogP contribution in [-0.2, 0) is 0 Å². The van der Waals surface area contributed by atoms with Gasteiger partial charge in [0.25, 0.3) is 0 Å². The van der Waals surface area contributed by atoms with Gasteiger partial charge in [0.05, 0.1) is 0 Å². The number of carbonyl (C=O) groups is 1. The van der Waals surface area contributed by atoms with Crippen molar-refractivity contribution in [3.63, 3.8) is 0 Å². The Labute approximate surface area is 69.0 Å². The van der Waals surface area contributed by atoms with E-state index < -0.39 is 0 Å². The van der Waals surface area contributed by atoms with Crippen LogP contribution in [0.3, 0.4) is 0 Å². The molecule has 1 atom stereocenters. The monoisotopic (exact) mass is 158 g/mol. The third-order valence-corrected chi connectivity index (χ3v) is 1.94. The van der Waals surface area contributed by atoms with Crippen molar-refractivity contribution in [3.05, 3.63) is 0 Å². The number of carbonyl (C=O) groups excluding carboxylic acids is 1. The molecule has 11 heavy (non-hydrogen) atoms. The molecular weight excluding hydrogens is 140 g/mol. The third kappa shape index (κ3) is 2.78. The van der Waals surface area contributed by atoms with Crippen LogP contribution in [0.4, 0.5) is 4.79 Å². The highest BCUT2D eigenvalue weighted by atomic mass is 16.2. The number of hydrogen-bond donors (Lipinski definition) is 0. The van der Waals surface area contributed by atoms with Crippen LogP contribution in [0.15, 0.2) is 0 Å². The van der Waals surface area contributed by atoms with Gasteiger partial charge in [0, 0.05) is 27.2 Å². The summed E-state index contributed by atoms with van der Waals surface area (Å²) in [5.41, 5.74) is 0. The van der Waals surface area contributed by atoms with Crippen molar-refractivity contribution in [2.45, 2.75) is 26.3 Å². The van der Waals surface area contributed by atoms with Gasteiger partial charge in [-0.2, -0.15) is 0 Å². The summed E-state index contributed by atoms with van der Waals surface area (Å²) in [5.74, 6) is 0. The summed E-state index contributed by atoms with van der Waals surface area (Å²) >= 11 is 0. The molecule has 0 N–H and O–H groups in total. The molecule has 1 unspecified atom stereocenters. The minimum Gasteiger partial charge on any atom is -0.331 e. The normalized spacial score (nSPS) is 12.5. The molecule has 0 aromatic rings. The largest absolute Gasteiger partial charge is 0.331 e. The number of amides is 2. The van der Waals surface area contributed by atoms with Gasteiger partial charge in [-0.05, 0) is 13.3 Å². The topological polar surface area (TPSA) is 23.6 Å². The minimum atomic E-state index is 0.0688. The average molecular weight is 158 g/mol. The molecular formula is C8H18N2O.